The first-order valence-corrected chi connectivity index (χ1v) is 11.6. The van der Waals surface area contributed by atoms with Gasteiger partial charge in [-0.1, -0.05) is 66.7 Å². The number of ether oxygens (including phenoxy) is 1. The molecule has 0 aromatic heterocycles. The normalized spacial score (nSPS) is 13.2. The van der Waals surface area contributed by atoms with Crippen molar-refractivity contribution in [2.45, 2.75) is 30.8 Å². The van der Waals surface area contributed by atoms with Crippen molar-refractivity contribution in [1.82, 2.24) is 0 Å². The van der Waals surface area contributed by atoms with Crippen LogP contribution in [0.25, 0.3) is 17.2 Å². The van der Waals surface area contributed by atoms with Crippen LogP contribution < -0.4 is 0 Å². The smallest absolute Gasteiger partial charge is 0.333 e. The Bertz CT molecular complexity index is 1090. The van der Waals surface area contributed by atoms with Gasteiger partial charge in [-0.05, 0) is 58.9 Å². The Balaban J connectivity index is 1.31. The van der Waals surface area contributed by atoms with Crippen molar-refractivity contribution in [3.05, 3.63) is 95.1 Å². The van der Waals surface area contributed by atoms with Crippen molar-refractivity contribution < 1.29 is 14.6 Å². The Kier molecular flexibility index (Phi) is 6.90. The molecular weight excluding hydrogens is 404 g/mol. The number of thioether (sulfide) groups is 1. The first-order valence-electron chi connectivity index (χ1n) is 10.6. The van der Waals surface area contributed by atoms with E-state index in [1.807, 2.05) is 31.2 Å². The zero-order valence-corrected chi connectivity index (χ0v) is 18.4. The summed E-state index contributed by atoms with van der Waals surface area (Å²) >= 11 is 1.76. The van der Waals surface area contributed by atoms with E-state index < -0.39 is 12.1 Å². The molecule has 158 valence electrons. The lowest BCUT2D eigenvalue weighted by molar-refractivity contribution is -0.149. The van der Waals surface area contributed by atoms with E-state index in [1.54, 1.807) is 11.8 Å². The Morgan fingerprint density at radius 3 is 2.61 bits per heavy atom. The molecule has 0 spiro atoms. The van der Waals surface area contributed by atoms with Crippen molar-refractivity contribution in [2.24, 2.45) is 0 Å². The van der Waals surface area contributed by atoms with Crippen molar-refractivity contribution in [2.75, 3.05) is 12.4 Å². The van der Waals surface area contributed by atoms with E-state index in [4.69, 9.17) is 4.74 Å². The molecule has 0 saturated carbocycles. The summed E-state index contributed by atoms with van der Waals surface area (Å²) in [7, 11) is 0. The fourth-order valence-corrected chi connectivity index (χ4v) is 4.67. The van der Waals surface area contributed by atoms with Crippen LogP contribution in [-0.4, -0.2) is 29.5 Å². The van der Waals surface area contributed by atoms with Crippen molar-refractivity contribution in [3.8, 4) is 11.1 Å². The third-order valence-corrected chi connectivity index (χ3v) is 6.43. The predicted octanol–water partition coefficient (Wildman–Crippen LogP) is 6.10. The molecule has 4 heteroatoms. The van der Waals surface area contributed by atoms with E-state index in [0.717, 1.165) is 17.7 Å². The van der Waals surface area contributed by atoms with Gasteiger partial charge < -0.3 is 9.84 Å². The summed E-state index contributed by atoms with van der Waals surface area (Å²) in [6.07, 6.45) is 4.99. The largest absolute Gasteiger partial charge is 0.479 e. The van der Waals surface area contributed by atoms with Gasteiger partial charge in [0.2, 0.25) is 0 Å². The average Bonchev–Trinajstić information content (AvgIpc) is 3.15. The SMILES string of the molecule is CCOC(Cc1ccc(SCC=Cc2ccc3c(c2)Cc2ccccc2-3)cc1)C(=O)O. The molecule has 0 radical (unpaired) electrons. The molecule has 3 aromatic rings. The number of carboxylic acids is 1. The zero-order chi connectivity index (χ0) is 21.6. The number of rotatable bonds is 9. The molecule has 0 bridgehead atoms. The maximum Gasteiger partial charge on any atom is 0.333 e. The molecule has 3 nitrogen and oxygen atoms in total. The summed E-state index contributed by atoms with van der Waals surface area (Å²) in [6, 6.07) is 23.4. The van der Waals surface area contributed by atoms with E-state index in [0.29, 0.717) is 13.0 Å². The molecule has 0 amide bonds. The second-order valence-electron chi connectivity index (χ2n) is 7.59. The standard InChI is InChI=1S/C27H26O3S/c1-2-30-26(27(28)29)17-20-9-12-23(13-10-20)31-15-5-6-19-11-14-25-22(16-19)18-21-7-3-4-8-24(21)25/h3-14,16,26H,2,15,17-18H2,1H3,(H,28,29). The van der Waals surface area contributed by atoms with Gasteiger partial charge in [0.25, 0.3) is 0 Å². The summed E-state index contributed by atoms with van der Waals surface area (Å²) < 4.78 is 5.29. The summed E-state index contributed by atoms with van der Waals surface area (Å²) in [5, 5.41) is 9.22. The number of carbonyl (C=O) groups is 1. The van der Waals surface area contributed by atoms with Crippen LogP contribution in [0, 0.1) is 0 Å². The van der Waals surface area contributed by atoms with Gasteiger partial charge in [0.05, 0.1) is 0 Å². The number of hydrogen-bond acceptors (Lipinski definition) is 3. The minimum atomic E-state index is -0.916. The molecule has 4 rings (SSSR count). The van der Waals surface area contributed by atoms with Crippen LogP contribution in [-0.2, 0) is 22.4 Å². The number of fused-ring (bicyclic) bond motifs is 3. The molecule has 1 unspecified atom stereocenters. The molecule has 0 saturated heterocycles. The first-order chi connectivity index (χ1) is 15.1. The van der Waals surface area contributed by atoms with E-state index in [2.05, 4.69) is 54.6 Å². The van der Waals surface area contributed by atoms with E-state index in [1.165, 1.54) is 32.7 Å². The molecule has 0 aliphatic heterocycles. The number of benzene rings is 3. The lowest BCUT2D eigenvalue weighted by Crippen LogP contribution is -2.26. The van der Waals surface area contributed by atoms with Gasteiger partial charge >= 0.3 is 5.97 Å². The van der Waals surface area contributed by atoms with Gasteiger partial charge in [-0.2, -0.15) is 0 Å². The number of carboxylic acid groups (broad SMARTS) is 1. The van der Waals surface area contributed by atoms with Crippen LogP contribution in [0.1, 0.15) is 29.2 Å². The summed E-state index contributed by atoms with van der Waals surface area (Å²) in [5.41, 5.74) is 7.74. The maximum atomic E-state index is 11.2. The highest BCUT2D eigenvalue weighted by Gasteiger charge is 2.18. The molecule has 1 aliphatic carbocycles. The quantitative estimate of drug-likeness (QED) is 0.326. The minimum absolute atomic E-state index is 0.385. The Morgan fingerprint density at radius 1 is 1.06 bits per heavy atom. The molecule has 0 fully saturated rings. The van der Waals surface area contributed by atoms with Gasteiger partial charge in [0.15, 0.2) is 6.10 Å². The minimum Gasteiger partial charge on any atom is -0.479 e. The highest BCUT2D eigenvalue weighted by molar-refractivity contribution is 7.99. The van der Waals surface area contributed by atoms with Gasteiger partial charge in [-0.15, -0.1) is 11.8 Å². The van der Waals surface area contributed by atoms with Crippen LogP contribution in [0.3, 0.4) is 0 Å². The fourth-order valence-electron chi connectivity index (χ4n) is 3.95. The van der Waals surface area contributed by atoms with Gasteiger partial charge in [-0.25, -0.2) is 4.79 Å². The van der Waals surface area contributed by atoms with Gasteiger partial charge in [0.1, 0.15) is 0 Å². The molecule has 1 N–H and O–H groups in total. The molecule has 3 aromatic carbocycles. The highest BCUT2D eigenvalue weighted by Crippen LogP contribution is 2.36. The van der Waals surface area contributed by atoms with Gasteiger partial charge in [-0.3, -0.25) is 0 Å². The number of aliphatic carboxylic acids is 1. The van der Waals surface area contributed by atoms with Crippen LogP contribution >= 0.6 is 11.8 Å². The summed E-state index contributed by atoms with van der Waals surface area (Å²) in [5.74, 6) is -0.0336. The second-order valence-corrected chi connectivity index (χ2v) is 8.69. The zero-order valence-electron chi connectivity index (χ0n) is 17.6. The van der Waals surface area contributed by atoms with E-state index in [-0.39, 0.29) is 0 Å². The third kappa shape index (κ3) is 5.27. The van der Waals surface area contributed by atoms with E-state index in [9.17, 15) is 9.90 Å². The Labute approximate surface area is 187 Å². The van der Waals surface area contributed by atoms with Crippen molar-refractivity contribution >= 4 is 23.8 Å². The van der Waals surface area contributed by atoms with E-state index >= 15 is 0 Å². The first kappa shape index (κ1) is 21.4. The average molecular weight is 431 g/mol. The maximum absolute atomic E-state index is 11.2. The molecule has 1 aliphatic rings. The summed E-state index contributed by atoms with van der Waals surface area (Å²) in [6.45, 7) is 2.21. The fraction of sp³-hybridized carbons (Fsp3) is 0.222. The Hall–Kier alpha value is -2.82. The highest BCUT2D eigenvalue weighted by atomic mass is 32.2. The third-order valence-electron chi connectivity index (χ3n) is 5.46. The second kappa shape index (κ2) is 9.99. The van der Waals surface area contributed by atoms with Crippen LogP contribution in [0.15, 0.2) is 77.7 Å². The van der Waals surface area contributed by atoms with Crippen LogP contribution in [0.5, 0.6) is 0 Å². The number of hydrogen-bond donors (Lipinski definition) is 1. The molecular formula is C27H26O3S. The van der Waals surface area contributed by atoms with Crippen molar-refractivity contribution in [3.63, 3.8) is 0 Å². The molecule has 0 heterocycles. The lowest BCUT2D eigenvalue weighted by Gasteiger charge is -2.12. The lowest BCUT2D eigenvalue weighted by atomic mass is 10.0. The topological polar surface area (TPSA) is 46.5 Å². The van der Waals surface area contributed by atoms with Gasteiger partial charge in [0, 0.05) is 23.7 Å². The predicted molar refractivity (Wildman–Crippen MR) is 128 cm³/mol. The molecule has 31 heavy (non-hydrogen) atoms. The monoisotopic (exact) mass is 430 g/mol. The summed E-state index contributed by atoms with van der Waals surface area (Å²) in [4.78, 5) is 12.4. The van der Waals surface area contributed by atoms with Crippen LogP contribution in [0.4, 0.5) is 0 Å². The van der Waals surface area contributed by atoms with Crippen LogP contribution in [0.2, 0.25) is 0 Å². The molecule has 1 atom stereocenters. The Morgan fingerprint density at radius 2 is 1.84 bits per heavy atom. The van der Waals surface area contributed by atoms with Crippen molar-refractivity contribution in [1.29, 1.82) is 0 Å².